The Morgan fingerprint density at radius 2 is 2.03 bits per heavy atom. The summed E-state index contributed by atoms with van der Waals surface area (Å²) in [5.74, 6) is 0.627. The van der Waals surface area contributed by atoms with Crippen LogP contribution in [0.25, 0.3) is 10.9 Å². The van der Waals surface area contributed by atoms with Gasteiger partial charge in [0.2, 0.25) is 5.91 Å². The molecule has 2 aromatic carbocycles. The highest BCUT2D eigenvalue weighted by atomic mass is 16.5. The highest BCUT2D eigenvalue weighted by molar-refractivity contribution is 5.96. The van der Waals surface area contributed by atoms with E-state index in [0.29, 0.717) is 36.7 Å². The molecule has 6 nitrogen and oxygen atoms in total. The second kappa shape index (κ2) is 9.05. The molecule has 0 unspecified atom stereocenters. The molecule has 0 aliphatic carbocycles. The van der Waals surface area contributed by atoms with Crippen molar-refractivity contribution in [2.24, 2.45) is 5.92 Å². The number of para-hydroxylation sites is 2. The van der Waals surface area contributed by atoms with Crippen LogP contribution in [0.1, 0.15) is 30.9 Å². The Morgan fingerprint density at radius 1 is 1.26 bits per heavy atom. The van der Waals surface area contributed by atoms with Gasteiger partial charge in [-0.3, -0.25) is 9.78 Å². The number of ether oxygens (including phenoxy) is 1. The summed E-state index contributed by atoms with van der Waals surface area (Å²) in [4.78, 5) is 19.6. The molecule has 2 heterocycles. The molecule has 1 aliphatic rings. The summed E-state index contributed by atoms with van der Waals surface area (Å²) in [5.41, 5.74) is 4.22. The maximum atomic E-state index is 12.9. The normalized spacial score (nSPS) is 14.3. The molecule has 0 radical (unpaired) electrons. The summed E-state index contributed by atoms with van der Waals surface area (Å²) >= 11 is 0. The number of nitrogens with zero attached hydrogens (tertiary/aromatic N) is 3. The van der Waals surface area contributed by atoms with Gasteiger partial charge in [-0.2, -0.15) is 5.26 Å². The molecule has 6 heteroatoms. The van der Waals surface area contributed by atoms with Crippen LogP contribution < -0.4 is 15.0 Å². The third kappa shape index (κ3) is 4.31. The SMILES string of the molecule is CCOc1ccccc1NC(=O)C1CCN(c2c(C#N)cnc3ccc(C)cc23)CC1. The average Bonchev–Trinajstić information content (AvgIpc) is 2.79. The zero-order valence-electron chi connectivity index (χ0n) is 17.9. The van der Waals surface area contributed by atoms with Crippen LogP contribution in [-0.2, 0) is 4.79 Å². The zero-order chi connectivity index (χ0) is 21.8. The third-order valence-electron chi connectivity index (χ3n) is 5.74. The number of hydrogen-bond donors (Lipinski definition) is 1. The molecule has 0 spiro atoms. The maximum Gasteiger partial charge on any atom is 0.227 e. The molecule has 1 N–H and O–H groups in total. The van der Waals surface area contributed by atoms with Crippen molar-refractivity contribution in [3.63, 3.8) is 0 Å². The average molecular weight is 415 g/mol. The van der Waals surface area contributed by atoms with Crippen LogP contribution in [0.15, 0.2) is 48.7 Å². The number of aryl methyl sites for hydroxylation is 1. The van der Waals surface area contributed by atoms with Crippen LogP contribution in [-0.4, -0.2) is 30.6 Å². The van der Waals surface area contributed by atoms with Gasteiger partial charge >= 0.3 is 0 Å². The standard InChI is InChI=1S/C25H26N4O2/c1-3-31-23-7-5-4-6-22(23)28-25(30)18-10-12-29(13-11-18)24-19(15-26)16-27-21-9-8-17(2)14-20(21)24/h4-9,14,16,18H,3,10-13H2,1-2H3,(H,28,30). The Hall–Kier alpha value is -3.59. The highest BCUT2D eigenvalue weighted by Crippen LogP contribution is 2.33. The van der Waals surface area contributed by atoms with Gasteiger partial charge in [0.05, 0.1) is 29.1 Å². The lowest BCUT2D eigenvalue weighted by molar-refractivity contribution is -0.120. The van der Waals surface area contributed by atoms with E-state index < -0.39 is 0 Å². The van der Waals surface area contributed by atoms with Gasteiger partial charge in [0.1, 0.15) is 11.8 Å². The van der Waals surface area contributed by atoms with Crippen molar-refractivity contribution in [1.82, 2.24) is 4.98 Å². The molecule has 31 heavy (non-hydrogen) atoms. The summed E-state index contributed by atoms with van der Waals surface area (Å²) in [6.07, 6.45) is 3.10. The minimum absolute atomic E-state index is 0.0164. The monoisotopic (exact) mass is 414 g/mol. The number of carbonyl (C=O) groups excluding carboxylic acids is 1. The van der Waals surface area contributed by atoms with Crippen LogP contribution in [0.2, 0.25) is 0 Å². The number of pyridine rings is 1. The van der Waals surface area contributed by atoms with Crippen LogP contribution >= 0.6 is 0 Å². The van der Waals surface area contributed by atoms with Crippen molar-refractivity contribution >= 4 is 28.2 Å². The predicted octanol–water partition coefficient (Wildman–Crippen LogP) is 4.67. The topological polar surface area (TPSA) is 78.2 Å². The van der Waals surface area contributed by atoms with E-state index in [1.807, 2.05) is 50.2 Å². The fourth-order valence-electron chi connectivity index (χ4n) is 4.17. The second-order valence-corrected chi connectivity index (χ2v) is 7.83. The van der Waals surface area contributed by atoms with E-state index in [0.717, 1.165) is 35.0 Å². The number of anilines is 2. The van der Waals surface area contributed by atoms with Gasteiger partial charge in [0.15, 0.2) is 0 Å². The molecule has 1 amide bonds. The quantitative estimate of drug-likeness (QED) is 0.656. The van der Waals surface area contributed by atoms with Crippen molar-refractivity contribution in [3.8, 4) is 11.8 Å². The summed E-state index contributed by atoms with van der Waals surface area (Å²) in [5, 5.41) is 13.7. The van der Waals surface area contributed by atoms with Gasteiger partial charge in [-0.05, 0) is 51.0 Å². The Bertz CT molecular complexity index is 1140. The van der Waals surface area contributed by atoms with Crippen LogP contribution in [0.3, 0.4) is 0 Å². The summed E-state index contributed by atoms with van der Waals surface area (Å²) in [7, 11) is 0. The van der Waals surface area contributed by atoms with Gasteiger partial charge in [-0.15, -0.1) is 0 Å². The number of carbonyl (C=O) groups is 1. The van der Waals surface area contributed by atoms with Crippen molar-refractivity contribution in [2.45, 2.75) is 26.7 Å². The van der Waals surface area contributed by atoms with Gasteiger partial charge in [-0.1, -0.05) is 23.8 Å². The fraction of sp³-hybridized carbons (Fsp3) is 0.320. The first-order valence-electron chi connectivity index (χ1n) is 10.7. The number of amides is 1. The lowest BCUT2D eigenvalue weighted by Gasteiger charge is -2.34. The largest absolute Gasteiger partial charge is 0.492 e. The minimum atomic E-state index is -0.0775. The van der Waals surface area contributed by atoms with E-state index in [9.17, 15) is 10.1 Å². The minimum Gasteiger partial charge on any atom is -0.492 e. The molecule has 1 aliphatic heterocycles. The number of aromatic nitrogens is 1. The molecule has 0 saturated carbocycles. The number of nitriles is 1. The van der Waals surface area contributed by atoms with Crippen LogP contribution in [0.5, 0.6) is 5.75 Å². The first-order valence-corrected chi connectivity index (χ1v) is 10.7. The molecule has 4 rings (SSSR count). The van der Waals surface area contributed by atoms with Crippen molar-refractivity contribution in [1.29, 1.82) is 5.26 Å². The Morgan fingerprint density at radius 3 is 2.77 bits per heavy atom. The van der Waals surface area contributed by atoms with Crippen LogP contribution in [0.4, 0.5) is 11.4 Å². The number of hydrogen-bond acceptors (Lipinski definition) is 5. The first kappa shape index (κ1) is 20.7. The van der Waals surface area contributed by atoms with E-state index in [4.69, 9.17) is 4.74 Å². The van der Waals surface area contributed by atoms with E-state index >= 15 is 0 Å². The van der Waals surface area contributed by atoms with E-state index in [1.54, 1.807) is 6.20 Å². The second-order valence-electron chi connectivity index (χ2n) is 7.83. The van der Waals surface area contributed by atoms with Crippen molar-refractivity contribution in [2.75, 3.05) is 29.9 Å². The number of nitrogens with one attached hydrogen (secondary N) is 1. The molecular weight excluding hydrogens is 388 g/mol. The van der Waals surface area contributed by atoms with E-state index in [1.165, 1.54) is 0 Å². The summed E-state index contributed by atoms with van der Waals surface area (Å²) in [6.45, 7) is 5.94. The first-order chi connectivity index (χ1) is 15.1. The molecule has 0 bridgehead atoms. The molecule has 1 aromatic heterocycles. The number of rotatable bonds is 5. The molecule has 158 valence electrons. The molecule has 1 saturated heterocycles. The van der Waals surface area contributed by atoms with Crippen molar-refractivity contribution in [3.05, 3.63) is 59.8 Å². The number of piperidine rings is 1. The molecule has 0 atom stereocenters. The lowest BCUT2D eigenvalue weighted by Crippen LogP contribution is -2.38. The Labute approximate surface area is 182 Å². The summed E-state index contributed by atoms with van der Waals surface area (Å²) in [6, 6.07) is 15.9. The molecular formula is C25H26N4O2. The van der Waals surface area contributed by atoms with E-state index in [2.05, 4.69) is 27.3 Å². The summed E-state index contributed by atoms with van der Waals surface area (Å²) < 4.78 is 5.62. The van der Waals surface area contributed by atoms with Gasteiger partial charge in [-0.25, -0.2) is 0 Å². The number of fused-ring (bicyclic) bond motifs is 1. The Kier molecular flexibility index (Phi) is 6.03. The fourth-order valence-corrected chi connectivity index (χ4v) is 4.17. The predicted molar refractivity (Wildman–Crippen MR) is 122 cm³/mol. The van der Waals surface area contributed by atoms with Gasteiger partial charge < -0.3 is 15.0 Å². The maximum absolute atomic E-state index is 12.9. The third-order valence-corrected chi connectivity index (χ3v) is 5.74. The van der Waals surface area contributed by atoms with E-state index in [-0.39, 0.29) is 11.8 Å². The van der Waals surface area contributed by atoms with Crippen molar-refractivity contribution < 1.29 is 9.53 Å². The number of benzene rings is 2. The zero-order valence-corrected chi connectivity index (χ0v) is 17.9. The lowest BCUT2D eigenvalue weighted by atomic mass is 9.94. The van der Waals surface area contributed by atoms with Crippen LogP contribution in [0, 0.1) is 24.2 Å². The van der Waals surface area contributed by atoms with Gasteiger partial charge in [0, 0.05) is 30.6 Å². The van der Waals surface area contributed by atoms with Gasteiger partial charge in [0.25, 0.3) is 0 Å². The molecule has 1 fully saturated rings. The molecule has 3 aromatic rings. The smallest absolute Gasteiger partial charge is 0.227 e. The highest BCUT2D eigenvalue weighted by Gasteiger charge is 2.27. The Balaban J connectivity index is 1.50.